The number of nitrogen functional groups attached to an aromatic ring is 1. The van der Waals surface area contributed by atoms with Gasteiger partial charge in [0, 0.05) is 12.6 Å². The van der Waals surface area contributed by atoms with Gasteiger partial charge in [0.1, 0.15) is 0 Å². The maximum absolute atomic E-state index is 12.8. The number of fused-ring (bicyclic) bond motifs is 1. The molecule has 2 aliphatic rings. The van der Waals surface area contributed by atoms with Crippen molar-refractivity contribution in [2.24, 2.45) is 5.92 Å². The van der Waals surface area contributed by atoms with E-state index >= 15 is 0 Å². The molecule has 1 aliphatic heterocycles. The van der Waals surface area contributed by atoms with E-state index in [9.17, 15) is 8.42 Å². The molecule has 1 aromatic rings. The number of nitrogens with two attached hydrogens (primary N) is 1. The molecule has 0 bridgehead atoms. The molecule has 7 heteroatoms. The van der Waals surface area contributed by atoms with Gasteiger partial charge in [0.2, 0.25) is 0 Å². The maximum Gasteiger partial charge on any atom is 0.254 e. The largest absolute Gasteiger partial charge is 0.375 e. The molecule has 1 saturated carbocycles. The quantitative estimate of drug-likeness (QED) is 0.906. The molecule has 106 valence electrons. The summed E-state index contributed by atoms with van der Waals surface area (Å²) in [6.07, 6.45) is 5.54. The highest BCUT2D eigenvalue weighted by Crippen LogP contribution is 2.40. The van der Waals surface area contributed by atoms with E-state index in [1.807, 2.05) is 0 Å². The third kappa shape index (κ3) is 2.17. The second kappa shape index (κ2) is 4.71. The highest BCUT2D eigenvalue weighted by atomic mass is 32.2. The molecule has 19 heavy (non-hydrogen) atoms. The summed E-state index contributed by atoms with van der Waals surface area (Å²) in [7, 11) is -3.41. The van der Waals surface area contributed by atoms with Crippen LogP contribution in [0.5, 0.6) is 0 Å². The van der Waals surface area contributed by atoms with Crippen molar-refractivity contribution < 1.29 is 8.42 Å². The van der Waals surface area contributed by atoms with Crippen LogP contribution in [0.2, 0.25) is 0 Å². The molecule has 5 nitrogen and oxygen atoms in total. The van der Waals surface area contributed by atoms with Crippen molar-refractivity contribution in [3.8, 4) is 0 Å². The van der Waals surface area contributed by atoms with Gasteiger partial charge in [-0.05, 0) is 32.1 Å². The third-order valence-corrected chi connectivity index (χ3v) is 7.77. The Bertz CT molecular complexity index is 582. The second-order valence-corrected chi connectivity index (χ2v) is 8.56. The molecule has 2 N–H and O–H groups in total. The molecular formula is C12H19N3O2S2. The lowest BCUT2D eigenvalue weighted by Crippen LogP contribution is -2.39. The van der Waals surface area contributed by atoms with E-state index in [0.29, 0.717) is 27.5 Å². The van der Waals surface area contributed by atoms with Crippen molar-refractivity contribution in [2.45, 2.75) is 49.3 Å². The number of aromatic nitrogens is 1. The van der Waals surface area contributed by atoms with Crippen molar-refractivity contribution in [1.29, 1.82) is 0 Å². The topological polar surface area (TPSA) is 76.3 Å². The van der Waals surface area contributed by atoms with Gasteiger partial charge < -0.3 is 5.73 Å². The van der Waals surface area contributed by atoms with Gasteiger partial charge in [-0.3, -0.25) is 0 Å². The Morgan fingerprint density at radius 1 is 1.32 bits per heavy atom. The lowest BCUT2D eigenvalue weighted by atomic mass is 9.86. The number of thiazole rings is 1. The number of anilines is 1. The first-order valence-corrected chi connectivity index (χ1v) is 9.00. The fourth-order valence-electron chi connectivity index (χ4n) is 3.41. The van der Waals surface area contributed by atoms with E-state index in [1.54, 1.807) is 11.2 Å². The average Bonchev–Trinajstić information content (AvgIpc) is 2.93. The number of hydrogen-bond acceptors (Lipinski definition) is 5. The lowest BCUT2D eigenvalue weighted by Gasteiger charge is -2.30. The molecule has 1 aliphatic carbocycles. The fourth-order valence-corrected chi connectivity index (χ4v) is 6.55. The van der Waals surface area contributed by atoms with Crippen LogP contribution in [-0.2, 0) is 10.0 Å². The van der Waals surface area contributed by atoms with Gasteiger partial charge in [-0.15, -0.1) is 0 Å². The lowest BCUT2D eigenvalue weighted by molar-refractivity contribution is 0.260. The predicted octanol–water partition coefficient (Wildman–Crippen LogP) is 1.99. The Labute approximate surface area is 117 Å². The van der Waals surface area contributed by atoms with Crippen molar-refractivity contribution in [3.63, 3.8) is 0 Å². The summed E-state index contributed by atoms with van der Waals surface area (Å²) in [6.45, 7) is 2.36. The van der Waals surface area contributed by atoms with E-state index in [2.05, 4.69) is 4.98 Å². The number of sulfonamides is 1. The maximum atomic E-state index is 12.8. The molecule has 0 aromatic carbocycles. The van der Waals surface area contributed by atoms with E-state index in [0.717, 1.165) is 30.6 Å². The predicted molar refractivity (Wildman–Crippen MR) is 75.5 cm³/mol. The van der Waals surface area contributed by atoms with Crippen LogP contribution in [0.3, 0.4) is 0 Å². The van der Waals surface area contributed by atoms with Crippen LogP contribution in [-0.4, -0.2) is 30.3 Å². The molecule has 0 amide bonds. The third-order valence-electron chi connectivity index (χ3n) is 4.27. The summed E-state index contributed by atoms with van der Waals surface area (Å²) >= 11 is 1.08. The first-order valence-electron chi connectivity index (χ1n) is 6.75. The minimum Gasteiger partial charge on any atom is -0.375 e. The van der Waals surface area contributed by atoms with Gasteiger partial charge in [0.15, 0.2) is 9.34 Å². The Morgan fingerprint density at radius 3 is 2.74 bits per heavy atom. The zero-order valence-electron chi connectivity index (χ0n) is 11.0. The van der Waals surface area contributed by atoms with E-state index in [1.165, 1.54) is 12.8 Å². The van der Waals surface area contributed by atoms with Crippen molar-refractivity contribution in [1.82, 2.24) is 9.29 Å². The van der Waals surface area contributed by atoms with Gasteiger partial charge in [-0.1, -0.05) is 24.2 Å². The summed E-state index contributed by atoms with van der Waals surface area (Å²) in [5.41, 5.74) is 6.16. The normalized spacial score (nSPS) is 28.5. The summed E-state index contributed by atoms with van der Waals surface area (Å²) in [5, 5.41) is 0.329. The van der Waals surface area contributed by atoms with Crippen molar-refractivity contribution >= 4 is 26.5 Å². The molecule has 2 unspecified atom stereocenters. The summed E-state index contributed by atoms with van der Waals surface area (Å²) < 4.78 is 27.6. The van der Waals surface area contributed by atoms with Gasteiger partial charge in [-0.25, -0.2) is 13.4 Å². The van der Waals surface area contributed by atoms with Crippen molar-refractivity contribution in [2.75, 3.05) is 12.3 Å². The van der Waals surface area contributed by atoms with Gasteiger partial charge in [-0.2, -0.15) is 4.31 Å². The van der Waals surface area contributed by atoms with Crippen molar-refractivity contribution in [3.05, 3.63) is 5.69 Å². The van der Waals surface area contributed by atoms with Crippen LogP contribution >= 0.6 is 11.3 Å². The van der Waals surface area contributed by atoms with Crippen LogP contribution in [0.1, 0.15) is 37.8 Å². The van der Waals surface area contributed by atoms with Crippen LogP contribution < -0.4 is 5.73 Å². The van der Waals surface area contributed by atoms with Gasteiger partial charge in [0.25, 0.3) is 10.0 Å². The van der Waals surface area contributed by atoms with Gasteiger partial charge in [0.05, 0.1) is 5.69 Å². The Balaban J connectivity index is 1.94. The number of rotatable bonds is 2. The number of aryl methyl sites for hydroxylation is 1. The highest BCUT2D eigenvalue weighted by molar-refractivity contribution is 7.91. The minimum atomic E-state index is -3.41. The van der Waals surface area contributed by atoms with Crippen LogP contribution in [0.25, 0.3) is 0 Å². The monoisotopic (exact) mass is 301 g/mol. The standard InChI is InChI=1S/C12H19N3O2S2/c1-8-11(18-12(13)14-8)19(16,17)15-7-6-9-4-2-3-5-10(9)15/h9-10H,2-7H2,1H3,(H2,13,14). The molecule has 2 fully saturated rings. The second-order valence-electron chi connectivity index (χ2n) is 5.44. The van der Waals surface area contributed by atoms with Crippen LogP contribution in [0.4, 0.5) is 5.13 Å². The van der Waals surface area contributed by atoms with Crippen LogP contribution in [0.15, 0.2) is 4.21 Å². The number of hydrogen-bond donors (Lipinski definition) is 1. The van der Waals surface area contributed by atoms with Gasteiger partial charge >= 0.3 is 0 Å². The molecule has 3 rings (SSSR count). The summed E-state index contributed by atoms with van der Waals surface area (Å²) in [4.78, 5) is 4.04. The molecule has 0 radical (unpaired) electrons. The minimum absolute atomic E-state index is 0.196. The summed E-state index contributed by atoms with van der Waals surface area (Å²) in [6, 6.07) is 0.196. The van der Waals surface area contributed by atoms with Crippen LogP contribution in [0, 0.1) is 12.8 Å². The molecule has 2 atom stereocenters. The molecular weight excluding hydrogens is 282 g/mol. The zero-order valence-corrected chi connectivity index (χ0v) is 12.6. The molecule has 2 heterocycles. The van der Waals surface area contributed by atoms with E-state index < -0.39 is 10.0 Å². The summed E-state index contributed by atoms with van der Waals surface area (Å²) in [5.74, 6) is 0.550. The Hall–Kier alpha value is -0.660. The number of nitrogens with zero attached hydrogens (tertiary/aromatic N) is 2. The van der Waals surface area contributed by atoms with E-state index in [4.69, 9.17) is 5.73 Å². The SMILES string of the molecule is Cc1nc(N)sc1S(=O)(=O)N1CCC2CCCCC21. The first kappa shape index (κ1) is 13.3. The molecule has 0 spiro atoms. The Kier molecular flexibility index (Phi) is 3.31. The fraction of sp³-hybridized carbons (Fsp3) is 0.750. The average molecular weight is 301 g/mol. The molecule has 1 saturated heterocycles. The van der Waals surface area contributed by atoms with E-state index in [-0.39, 0.29) is 6.04 Å². The smallest absolute Gasteiger partial charge is 0.254 e. The first-order chi connectivity index (χ1) is 9.00. The molecule has 1 aromatic heterocycles. The Morgan fingerprint density at radius 2 is 2.05 bits per heavy atom. The highest BCUT2D eigenvalue weighted by Gasteiger charge is 2.43. The zero-order chi connectivity index (χ0) is 13.6.